The van der Waals surface area contributed by atoms with Crippen LogP contribution in [0.3, 0.4) is 0 Å². The van der Waals surface area contributed by atoms with Crippen LogP contribution in [0.15, 0.2) is 34.9 Å². The van der Waals surface area contributed by atoms with Gasteiger partial charge in [-0.25, -0.2) is 8.78 Å². The summed E-state index contributed by atoms with van der Waals surface area (Å²) in [6, 6.07) is 4.86. The second kappa shape index (κ2) is 5.73. The minimum absolute atomic E-state index is 0.294. The fourth-order valence-electron chi connectivity index (χ4n) is 1.86. The maximum Gasteiger partial charge on any atom is 0.254 e. The lowest BCUT2D eigenvalue weighted by Gasteiger charge is -2.13. The van der Waals surface area contributed by atoms with Crippen LogP contribution in [-0.2, 0) is 6.42 Å². The number of nitrogen functional groups attached to an aromatic ring is 1. The molecule has 0 radical (unpaired) electrons. The number of carbonyl (C=O) groups excluding carboxylic acids is 1. The van der Waals surface area contributed by atoms with E-state index >= 15 is 0 Å². The van der Waals surface area contributed by atoms with Crippen molar-refractivity contribution in [2.45, 2.75) is 19.4 Å². The van der Waals surface area contributed by atoms with Gasteiger partial charge in [-0.2, -0.15) is 0 Å². The number of hydrogen-bond donors (Lipinski definition) is 2. The molecule has 3 N–H and O–H groups in total. The Morgan fingerprint density at radius 1 is 1.45 bits per heavy atom. The molecule has 4 nitrogen and oxygen atoms in total. The molecule has 1 aromatic carbocycles. The summed E-state index contributed by atoms with van der Waals surface area (Å²) in [6.07, 6.45) is 1.97. The van der Waals surface area contributed by atoms with Crippen LogP contribution >= 0.6 is 0 Å². The topological polar surface area (TPSA) is 68.3 Å². The number of anilines is 1. The van der Waals surface area contributed by atoms with Crippen molar-refractivity contribution < 1.29 is 18.0 Å². The van der Waals surface area contributed by atoms with Gasteiger partial charge in [0.1, 0.15) is 11.6 Å². The first-order valence-corrected chi connectivity index (χ1v) is 6.05. The van der Waals surface area contributed by atoms with Gasteiger partial charge in [0.05, 0.1) is 17.5 Å². The van der Waals surface area contributed by atoms with Crippen molar-refractivity contribution in [1.29, 1.82) is 0 Å². The Morgan fingerprint density at radius 2 is 2.20 bits per heavy atom. The van der Waals surface area contributed by atoms with E-state index < -0.39 is 28.8 Å². The molecule has 0 fully saturated rings. The Hall–Kier alpha value is -2.37. The molecule has 2 aromatic rings. The van der Waals surface area contributed by atoms with Gasteiger partial charge in [0.15, 0.2) is 5.82 Å². The molecule has 0 aliphatic rings. The van der Waals surface area contributed by atoms with E-state index in [1.807, 2.05) is 0 Å². The largest absolute Gasteiger partial charge is 0.469 e. The third kappa shape index (κ3) is 3.14. The van der Waals surface area contributed by atoms with E-state index in [9.17, 15) is 13.6 Å². The van der Waals surface area contributed by atoms with Gasteiger partial charge in [-0.15, -0.1) is 0 Å². The molecule has 0 saturated carbocycles. The van der Waals surface area contributed by atoms with E-state index in [4.69, 9.17) is 10.2 Å². The molecule has 1 unspecified atom stereocenters. The van der Waals surface area contributed by atoms with Crippen LogP contribution in [0.2, 0.25) is 0 Å². The molecule has 0 spiro atoms. The smallest absolute Gasteiger partial charge is 0.254 e. The molecule has 1 heterocycles. The van der Waals surface area contributed by atoms with Crippen molar-refractivity contribution in [2.75, 3.05) is 5.73 Å². The molecule has 0 bridgehead atoms. The summed E-state index contributed by atoms with van der Waals surface area (Å²) >= 11 is 0. The SMILES string of the molecule is CC(Cc1ccco1)NC(=O)c1cc(F)cc(N)c1F. The lowest BCUT2D eigenvalue weighted by atomic mass is 10.1. The number of nitrogens with two attached hydrogens (primary N) is 1. The molecule has 1 aromatic heterocycles. The number of nitrogens with one attached hydrogen (secondary N) is 1. The lowest BCUT2D eigenvalue weighted by Crippen LogP contribution is -2.34. The summed E-state index contributed by atoms with van der Waals surface area (Å²) in [6.45, 7) is 1.74. The highest BCUT2D eigenvalue weighted by atomic mass is 19.1. The normalized spacial score (nSPS) is 12.2. The van der Waals surface area contributed by atoms with E-state index in [1.165, 1.54) is 6.26 Å². The van der Waals surface area contributed by atoms with Crippen LogP contribution in [0.4, 0.5) is 14.5 Å². The monoisotopic (exact) mass is 280 g/mol. The van der Waals surface area contributed by atoms with Gasteiger partial charge in [0.2, 0.25) is 0 Å². The van der Waals surface area contributed by atoms with Crippen molar-refractivity contribution in [2.24, 2.45) is 0 Å². The van der Waals surface area contributed by atoms with E-state index in [2.05, 4.69) is 5.32 Å². The molecule has 20 heavy (non-hydrogen) atoms. The molecule has 6 heteroatoms. The number of benzene rings is 1. The molecular formula is C14H14F2N2O2. The number of amides is 1. The van der Waals surface area contributed by atoms with Gasteiger partial charge in [0, 0.05) is 12.5 Å². The summed E-state index contributed by atoms with van der Waals surface area (Å²) in [4.78, 5) is 11.9. The first-order chi connectivity index (χ1) is 9.47. The zero-order chi connectivity index (χ0) is 14.7. The van der Waals surface area contributed by atoms with Gasteiger partial charge < -0.3 is 15.5 Å². The Labute approximate surface area is 114 Å². The predicted octanol–water partition coefficient (Wildman–Crippen LogP) is 2.50. The molecule has 1 atom stereocenters. The Morgan fingerprint density at radius 3 is 2.85 bits per heavy atom. The summed E-state index contributed by atoms with van der Waals surface area (Å²) in [5.41, 5.74) is 4.49. The van der Waals surface area contributed by atoms with Gasteiger partial charge >= 0.3 is 0 Å². The average Bonchev–Trinajstić information content (AvgIpc) is 2.86. The minimum atomic E-state index is -0.922. The van der Waals surface area contributed by atoms with Crippen LogP contribution in [0.1, 0.15) is 23.0 Å². The van der Waals surface area contributed by atoms with Crippen LogP contribution in [0, 0.1) is 11.6 Å². The van der Waals surface area contributed by atoms with E-state index in [0.717, 1.165) is 12.1 Å². The van der Waals surface area contributed by atoms with Gasteiger partial charge in [-0.1, -0.05) is 0 Å². The maximum atomic E-state index is 13.7. The number of hydrogen-bond acceptors (Lipinski definition) is 3. The maximum absolute atomic E-state index is 13.7. The van der Waals surface area contributed by atoms with Crippen molar-refractivity contribution in [3.63, 3.8) is 0 Å². The fourth-order valence-corrected chi connectivity index (χ4v) is 1.86. The molecular weight excluding hydrogens is 266 g/mol. The molecule has 0 aliphatic carbocycles. The van der Waals surface area contributed by atoms with Gasteiger partial charge in [-0.3, -0.25) is 4.79 Å². The second-order valence-corrected chi connectivity index (χ2v) is 4.51. The molecule has 106 valence electrons. The van der Waals surface area contributed by atoms with Crippen molar-refractivity contribution in [1.82, 2.24) is 5.32 Å². The van der Waals surface area contributed by atoms with Crippen LogP contribution in [0.25, 0.3) is 0 Å². The Balaban J connectivity index is 2.08. The standard InChI is InChI=1S/C14H14F2N2O2/c1-8(5-10-3-2-4-20-10)18-14(19)11-6-9(15)7-12(17)13(11)16/h2-4,6-8H,5,17H2,1H3,(H,18,19). The van der Waals surface area contributed by atoms with Crippen molar-refractivity contribution in [3.8, 4) is 0 Å². The minimum Gasteiger partial charge on any atom is -0.469 e. The molecule has 0 aliphatic heterocycles. The molecule has 0 saturated heterocycles. The third-order valence-corrected chi connectivity index (χ3v) is 2.78. The number of halogens is 2. The summed E-state index contributed by atoms with van der Waals surface area (Å²) in [7, 11) is 0. The predicted molar refractivity (Wildman–Crippen MR) is 70.1 cm³/mol. The first kappa shape index (κ1) is 14.0. The van der Waals surface area contributed by atoms with Crippen LogP contribution < -0.4 is 11.1 Å². The molecule has 2 rings (SSSR count). The van der Waals surface area contributed by atoms with Crippen molar-refractivity contribution in [3.05, 3.63) is 53.5 Å². The average molecular weight is 280 g/mol. The summed E-state index contributed by atoms with van der Waals surface area (Å²) in [5, 5.41) is 2.57. The third-order valence-electron chi connectivity index (χ3n) is 2.78. The van der Waals surface area contributed by atoms with Crippen molar-refractivity contribution >= 4 is 11.6 Å². The quantitative estimate of drug-likeness (QED) is 0.845. The van der Waals surface area contributed by atoms with E-state index in [-0.39, 0.29) is 6.04 Å². The first-order valence-electron chi connectivity index (χ1n) is 6.05. The van der Waals surface area contributed by atoms with Gasteiger partial charge in [-0.05, 0) is 31.2 Å². The van der Waals surface area contributed by atoms with Gasteiger partial charge in [0.25, 0.3) is 5.91 Å². The van der Waals surface area contributed by atoms with E-state index in [0.29, 0.717) is 12.2 Å². The van der Waals surface area contributed by atoms with Crippen LogP contribution in [0.5, 0.6) is 0 Å². The highest BCUT2D eigenvalue weighted by Gasteiger charge is 2.18. The highest BCUT2D eigenvalue weighted by Crippen LogP contribution is 2.17. The highest BCUT2D eigenvalue weighted by molar-refractivity contribution is 5.95. The zero-order valence-corrected chi connectivity index (χ0v) is 10.8. The molecule has 1 amide bonds. The second-order valence-electron chi connectivity index (χ2n) is 4.51. The fraction of sp³-hybridized carbons (Fsp3) is 0.214. The van der Waals surface area contributed by atoms with Crippen LogP contribution in [-0.4, -0.2) is 11.9 Å². The lowest BCUT2D eigenvalue weighted by molar-refractivity contribution is 0.0935. The summed E-state index contributed by atoms with van der Waals surface area (Å²) in [5.74, 6) is -1.70. The summed E-state index contributed by atoms with van der Waals surface area (Å²) < 4.78 is 32.0. The Kier molecular flexibility index (Phi) is 4.02. The Bertz CT molecular complexity index is 612. The number of carbonyl (C=O) groups is 1. The number of rotatable bonds is 4. The zero-order valence-electron chi connectivity index (χ0n) is 10.8. The van der Waals surface area contributed by atoms with E-state index in [1.54, 1.807) is 19.1 Å². The number of furan rings is 1.